The van der Waals surface area contributed by atoms with Crippen molar-refractivity contribution in [2.24, 2.45) is 0 Å². The van der Waals surface area contributed by atoms with E-state index >= 15 is 0 Å². The molecule has 0 saturated carbocycles. The third kappa shape index (κ3) is 2.03. The maximum absolute atomic E-state index is 13.6. The molecule has 0 aromatic heterocycles. The normalized spacial score (nSPS) is 10.1. The van der Waals surface area contributed by atoms with Gasteiger partial charge in [0.15, 0.2) is 0 Å². The first kappa shape index (κ1) is 10.6. The fourth-order valence-electron chi connectivity index (χ4n) is 1.78. The van der Waals surface area contributed by atoms with Crippen LogP contribution in [0.2, 0.25) is 0 Å². The lowest BCUT2D eigenvalue weighted by atomic mass is 10.00. The van der Waals surface area contributed by atoms with Crippen LogP contribution in [0.25, 0.3) is 17.2 Å². The van der Waals surface area contributed by atoms with E-state index in [1.165, 1.54) is 6.07 Å². The van der Waals surface area contributed by atoms with E-state index in [0.29, 0.717) is 5.56 Å². The molecule has 0 aliphatic rings. The van der Waals surface area contributed by atoms with E-state index in [-0.39, 0.29) is 5.82 Å². The minimum atomic E-state index is -0.192. The molecule has 16 heavy (non-hydrogen) atoms. The van der Waals surface area contributed by atoms with Gasteiger partial charge in [-0.3, -0.25) is 0 Å². The second kappa shape index (κ2) is 4.31. The molecule has 1 heteroatoms. The summed E-state index contributed by atoms with van der Waals surface area (Å²) in [5.41, 5.74) is 3.65. The lowest BCUT2D eigenvalue weighted by Crippen LogP contribution is -1.86. The molecule has 2 aromatic carbocycles. The number of hydrogen-bond donors (Lipinski definition) is 0. The first-order valence-electron chi connectivity index (χ1n) is 5.20. The molecule has 0 amide bonds. The van der Waals surface area contributed by atoms with Crippen LogP contribution in [0.15, 0.2) is 49.0 Å². The van der Waals surface area contributed by atoms with Crippen molar-refractivity contribution >= 4 is 6.08 Å². The van der Waals surface area contributed by atoms with E-state index in [1.807, 2.05) is 31.2 Å². The van der Waals surface area contributed by atoms with Gasteiger partial charge in [-0.05, 0) is 35.7 Å². The summed E-state index contributed by atoms with van der Waals surface area (Å²) in [6.45, 7) is 5.73. The zero-order valence-electron chi connectivity index (χ0n) is 9.20. The predicted molar refractivity (Wildman–Crippen MR) is 66.7 cm³/mol. The maximum Gasteiger partial charge on any atom is 0.131 e. The van der Waals surface area contributed by atoms with Gasteiger partial charge in [0.1, 0.15) is 5.82 Å². The van der Waals surface area contributed by atoms with E-state index < -0.39 is 0 Å². The quantitative estimate of drug-likeness (QED) is 0.690. The molecule has 0 aliphatic heterocycles. The summed E-state index contributed by atoms with van der Waals surface area (Å²) in [6, 6.07) is 12.8. The van der Waals surface area contributed by atoms with E-state index in [0.717, 1.165) is 16.7 Å². The van der Waals surface area contributed by atoms with Crippen LogP contribution >= 0.6 is 0 Å². The fourth-order valence-corrected chi connectivity index (χ4v) is 1.78. The molecule has 2 aromatic rings. The summed E-state index contributed by atoms with van der Waals surface area (Å²) in [5, 5.41) is 0. The lowest BCUT2D eigenvalue weighted by Gasteiger charge is -2.06. The van der Waals surface area contributed by atoms with Crippen molar-refractivity contribution in [2.45, 2.75) is 6.92 Å². The van der Waals surface area contributed by atoms with E-state index in [2.05, 4.69) is 6.58 Å². The van der Waals surface area contributed by atoms with Gasteiger partial charge in [0.2, 0.25) is 0 Å². The van der Waals surface area contributed by atoms with Gasteiger partial charge in [0, 0.05) is 5.56 Å². The number of aryl methyl sites for hydroxylation is 1. The van der Waals surface area contributed by atoms with E-state index in [1.54, 1.807) is 18.2 Å². The van der Waals surface area contributed by atoms with Crippen molar-refractivity contribution < 1.29 is 4.39 Å². The Kier molecular flexibility index (Phi) is 2.86. The Morgan fingerprint density at radius 2 is 1.88 bits per heavy atom. The molecule has 0 aliphatic carbocycles. The molecule has 0 spiro atoms. The van der Waals surface area contributed by atoms with Gasteiger partial charge >= 0.3 is 0 Å². The summed E-state index contributed by atoms with van der Waals surface area (Å²) in [6.07, 6.45) is 1.78. The van der Waals surface area contributed by atoms with Crippen LogP contribution in [-0.2, 0) is 0 Å². The van der Waals surface area contributed by atoms with Crippen LogP contribution in [0.4, 0.5) is 4.39 Å². The second-order valence-corrected chi connectivity index (χ2v) is 3.82. The molecule has 0 nitrogen and oxygen atoms in total. The molecule has 0 fully saturated rings. The van der Waals surface area contributed by atoms with Gasteiger partial charge < -0.3 is 0 Å². The Morgan fingerprint density at radius 3 is 2.56 bits per heavy atom. The predicted octanol–water partition coefficient (Wildman–Crippen LogP) is 4.44. The largest absolute Gasteiger partial charge is 0.206 e. The van der Waals surface area contributed by atoms with Crippen molar-refractivity contribution in [2.75, 3.05) is 0 Å². The molecular weight excluding hydrogens is 199 g/mol. The maximum atomic E-state index is 13.6. The number of hydrogen-bond acceptors (Lipinski definition) is 0. The van der Waals surface area contributed by atoms with Gasteiger partial charge in [-0.25, -0.2) is 4.39 Å². The molecule has 0 radical (unpaired) electrons. The van der Waals surface area contributed by atoms with Crippen molar-refractivity contribution in [3.63, 3.8) is 0 Å². The fraction of sp³-hybridized carbons (Fsp3) is 0.0667. The highest BCUT2D eigenvalue weighted by atomic mass is 19.1. The molecule has 2 rings (SSSR count). The summed E-state index contributed by atoms with van der Waals surface area (Å²) in [5.74, 6) is -0.192. The molecule has 0 saturated heterocycles. The summed E-state index contributed by atoms with van der Waals surface area (Å²) >= 11 is 0. The molecule has 0 atom stereocenters. The molecule has 0 unspecified atom stereocenters. The third-order valence-corrected chi connectivity index (χ3v) is 2.52. The SMILES string of the molecule is C=Cc1cc(C)cc(-c2ccccc2F)c1. The average molecular weight is 212 g/mol. The molecule has 0 N–H and O–H groups in total. The second-order valence-electron chi connectivity index (χ2n) is 3.82. The van der Waals surface area contributed by atoms with Crippen LogP contribution in [0.5, 0.6) is 0 Å². The summed E-state index contributed by atoms with van der Waals surface area (Å²) in [7, 11) is 0. The topological polar surface area (TPSA) is 0 Å². The average Bonchev–Trinajstić information content (AvgIpc) is 2.28. The van der Waals surface area contributed by atoms with Crippen LogP contribution in [-0.4, -0.2) is 0 Å². The van der Waals surface area contributed by atoms with Gasteiger partial charge in [-0.1, -0.05) is 43.0 Å². The zero-order valence-corrected chi connectivity index (χ0v) is 9.20. The van der Waals surface area contributed by atoms with Crippen molar-refractivity contribution in [3.05, 3.63) is 66.0 Å². The van der Waals surface area contributed by atoms with E-state index in [4.69, 9.17) is 0 Å². The molecule has 0 heterocycles. The smallest absolute Gasteiger partial charge is 0.131 e. The van der Waals surface area contributed by atoms with Crippen molar-refractivity contribution in [1.82, 2.24) is 0 Å². The Labute approximate surface area is 95.1 Å². The number of benzene rings is 2. The molecular formula is C15H13F. The Balaban J connectivity index is 2.60. The number of halogens is 1. The van der Waals surface area contributed by atoms with E-state index in [9.17, 15) is 4.39 Å². The van der Waals surface area contributed by atoms with Gasteiger partial charge in [-0.2, -0.15) is 0 Å². The monoisotopic (exact) mass is 212 g/mol. The van der Waals surface area contributed by atoms with Gasteiger partial charge in [0.05, 0.1) is 0 Å². The highest BCUT2D eigenvalue weighted by Crippen LogP contribution is 2.25. The first-order chi connectivity index (χ1) is 7.70. The van der Waals surface area contributed by atoms with Crippen LogP contribution in [0.1, 0.15) is 11.1 Å². The third-order valence-electron chi connectivity index (χ3n) is 2.52. The zero-order chi connectivity index (χ0) is 11.5. The van der Waals surface area contributed by atoms with Gasteiger partial charge in [-0.15, -0.1) is 0 Å². The molecule has 80 valence electrons. The highest BCUT2D eigenvalue weighted by Gasteiger charge is 2.04. The van der Waals surface area contributed by atoms with Crippen LogP contribution in [0, 0.1) is 12.7 Å². The van der Waals surface area contributed by atoms with Crippen LogP contribution in [0.3, 0.4) is 0 Å². The summed E-state index contributed by atoms with van der Waals surface area (Å²) < 4.78 is 13.6. The number of rotatable bonds is 2. The van der Waals surface area contributed by atoms with Crippen molar-refractivity contribution in [3.8, 4) is 11.1 Å². The molecule has 0 bridgehead atoms. The van der Waals surface area contributed by atoms with Crippen LogP contribution < -0.4 is 0 Å². The highest BCUT2D eigenvalue weighted by molar-refractivity contribution is 5.68. The Bertz CT molecular complexity index is 527. The standard InChI is InChI=1S/C15H13F/c1-3-12-8-11(2)9-13(10-12)14-6-4-5-7-15(14)16/h3-10H,1H2,2H3. The first-order valence-corrected chi connectivity index (χ1v) is 5.20. The van der Waals surface area contributed by atoms with Crippen molar-refractivity contribution in [1.29, 1.82) is 0 Å². The van der Waals surface area contributed by atoms with Gasteiger partial charge in [0.25, 0.3) is 0 Å². The lowest BCUT2D eigenvalue weighted by molar-refractivity contribution is 0.631. The minimum Gasteiger partial charge on any atom is -0.206 e. The summed E-state index contributed by atoms with van der Waals surface area (Å²) in [4.78, 5) is 0. The minimum absolute atomic E-state index is 0.192. The Morgan fingerprint density at radius 1 is 1.12 bits per heavy atom. The Hall–Kier alpha value is -1.89.